The van der Waals surface area contributed by atoms with Crippen LogP contribution < -0.4 is 5.73 Å². The van der Waals surface area contributed by atoms with Crippen LogP contribution in [0.1, 0.15) is 5.56 Å². The molecular weight excluding hydrogens is 174 g/mol. The molecule has 0 aliphatic rings. The summed E-state index contributed by atoms with van der Waals surface area (Å²) >= 11 is 0. The second-order valence-electron chi connectivity index (χ2n) is 3.01. The minimum Gasteiger partial charge on any atom is -0.507 e. The fourth-order valence-corrected chi connectivity index (χ4v) is 1.44. The Kier molecular flexibility index (Phi) is 3.48. The first-order chi connectivity index (χ1) is 6.77. The Bertz CT molecular complexity index is 424. The van der Waals surface area contributed by atoms with Gasteiger partial charge in [0.25, 0.3) is 0 Å². The first-order valence-corrected chi connectivity index (χ1v) is 4.53. The number of phenolic OH excluding ortho intramolecular Hbond substituents is 1. The summed E-state index contributed by atoms with van der Waals surface area (Å²) in [4.78, 5) is 0. The fraction of sp³-hybridized carbons (Fsp3) is 0.167. The van der Waals surface area contributed by atoms with Crippen LogP contribution in [-0.2, 0) is 0 Å². The molecule has 0 amide bonds. The molecule has 2 heteroatoms. The number of aryl methyl sites for hydroxylation is 1. The molecule has 0 aliphatic heterocycles. The zero-order chi connectivity index (χ0) is 10.6. The summed E-state index contributed by atoms with van der Waals surface area (Å²) < 4.78 is 0. The quantitative estimate of drug-likeness (QED) is 0.668. The predicted molar refractivity (Wildman–Crippen MR) is 60.5 cm³/mol. The Morgan fingerprint density at radius 1 is 1.07 bits per heavy atom. The van der Waals surface area contributed by atoms with Gasteiger partial charge in [-0.15, -0.1) is 0 Å². The van der Waals surface area contributed by atoms with E-state index in [-0.39, 0.29) is 0 Å². The number of rotatable bonds is 0. The van der Waals surface area contributed by atoms with Crippen molar-refractivity contribution in [2.75, 3.05) is 7.05 Å². The number of fused-ring (bicyclic) bond motifs is 1. The fourth-order valence-electron chi connectivity index (χ4n) is 1.44. The van der Waals surface area contributed by atoms with Crippen LogP contribution in [0, 0.1) is 6.92 Å². The molecule has 74 valence electrons. The molecule has 2 rings (SSSR count). The second-order valence-corrected chi connectivity index (χ2v) is 3.01. The van der Waals surface area contributed by atoms with Crippen molar-refractivity contribution in [3.8, 4) is 5.75 Å². The Morgan fingerprint density at radius 3 is 2.43 bits per heavy atom. The van der Waals surface area contributed by atoms with Crippen LogP contribution in [0.15, 0.2) is 36.4 Å². The van der Waals surface area contributed by atoms with Crippen LogP contribution in [0.3, 0.4) is 0 Å². The Morgan fingerprint density at radius 2 is 1.71 bits per heavy atom. The Balaban J connectivity index is 0.000000461. The average molecular weight is 189 g/mol. The standard InChI is InChI=1S/C11H10O.CH5N/c1-8-6-9-4-2-3-5-10(9)11(12)7-8;1-2/h2-7,12H,1H3;2H2,1H3. The maximum absolute atomic E-state index is 9.55. The van der Waals surface area contributed by atoms with Gasteiger partial charge >= 0.3 is 0 Å². The van der Waals surface area contributed by atoms with E-state index in [0.29, 0.717) is 5.75 Å². The highest BCUT2D eigenvalue weighted by atomic mass is 16.3. The SMILES string of the molecule is CN.Cc1cc(O)c2ccccc2c1. The van der Waals surface area contributed by atoms with Gasteiger partial charge in [0, 0.05) is 5.39 Å². The first kappa shape index (κ1) is 10.5. The van der Waals surface area contributed by atoms with E-state index in [4.69, 9.17) is 0 Å². The molecule has 0 unspecified atom stereocenters. The van der Waals surface area contributed by atoms with E-state index in [1.807, 2.05) is 31.2 Å². The van der Waals surface area contributed by atoms with E-state index in [9.17, 15) is 5.11 Å². The summed E-state index contributed by atoms with van der Waals surface area (Å²) in [6.07, 6.45) is 0. The minimum absolute atomic E-state index is 0.366. The van der Waals surface area contributed by atoms with Crippen molar-refractivity contribution in [3.63, 3.8) is 0 Å². The number of hydrogen-bond donors (Lipinski definition) is 2. The van der Waals surface area contributed by atoms with Gasteiger partial charge in [-0.05, 0) is 31.0 Å². The number of benzene rings is 2. The molecule has 2 aromatic rings. The van der Waals surface area contributed by atoms with Gasteiger partial charge in [-0.1, -0.05) is 30.3 Å². The van der Waals surface area contributed by atoms with Crippen molar-refractivity contribution in [1.82, 2.24) is 0 Å². The first-order valence-electron chi connectivity index (χ1n) is 4.53. The van der Waals surface area contributed by atoms with Gasteiger partial charge in [-0.2, -0.15) is 0 Å². The summed E-state index contributed by atoms with van der Waals surface area (Å²) in [7, 11) is 1.50. The van der Waals surface area contributed by atoms with Crippen molar-refractivity contribution in [2.45, 2.75) is 6.92 Å². The lowest BCUT2D eigenvalue weighted by Gasteiger charge is -2.01. The molecule has 2 nitrogen and oxygen atoms in total. The lowest BCUT2D eigenvalue weighted by molar-refractivity contribution is 0.481. The smallest absolute Gasteiger partial charge is 0.123 e. The third kappa shape index (κ3) is 2.03. The summed E-state index contributed by atoms with van der Waals surface area (Å²) in [5.74, 6) is 0.366. The molecule has 14 heavy (non-hydrogen) atoms. The molecule has 0 spiro atoms. The number of nitrogens with two attached hydrogens (primary N) is 1. The molecule has 0 aliphatic carbocycles. The molecule has 0 saturated carbocycles. The van der Waals surface area contributed by atoms with Gasteiger partial charge in [-0.25, -0.2) is 0 Å². The molecule has 0 atom stereocenters. The zero-order valence-corrected chi connectivity index (χ0v) is 8.49. The van der Waals surface area contributed by atoms with E-state index in [1.165, 1.54) is 7.05 Å². The van der Waals surface area contributed by atoms with E-state index in [0.717, 1.165) is 16.3 Å². The number of hydrogen-bond acceptors (Lipinski definition) is 2. The van der Waals surface area contributed by atoms with Crippen molar-refractivity contribution in [1.29, 1.82) is 0 Å². The third-order valence-corrected chi connectivity index (χ3v) is 1.98. The highest BCUT2D eigenvalue weighted by Crippen LogP contribution is 2.25. The zero-order valence-electron chi connectivity index (χ0n) is 8.49. The summed E-state index contributed by atoms with van der Waals surface area (Å²) in [6.45, 7) is 1.98. The molecule has 0 aromatic heterocycles. The third-order valence-electron chi connectivity index (χ3n) is 1.98. The van der Waals surface area contributed by atoms with E-state index in [2.05, 4.69) is 11.8 Å². The Labute approximate surface area is 84.0 Å². The van der Waals surface area contributed by atoms with Gasteiger partial charge in [0.05, 0.1) is 0 Å². The summed E-state index contributed by atoms with van der Waals surface area (Å²) in [5, 5.41) is 11.6. The lowest BCUT2D eigenvalue weighted by atomic mass is 10.1. The molecule has 0 fully saturated rings. The van der Waals surface area contributed by atoms with Crippen LogP contribution in [0.25, 0.3) is 10.8 Å². The van der Waals surface area contributed by atoms with Crippen LogP contribution in [0.4, 0.5) is 0 Å². The summed E-state index contributed by atoms with van der Waals surface area (Å²) in [5.41, 5.74) is 5.59. The average Bonchev–Trinajstić information content (AvgIpc) is 2.20. The molecule has 3 N–H and O–H groups in total. The van der Waals surface area contributed by atoms with Crippen LogP contribution >= 0.6 is 0 Å². The Hall–Kier alpha value is -1.54. The topological polar surface area (TPSA) is 46.2 Å². The van der Waals surface area contributed by atoms with E-state index in [1.54, 1.807) is 6.07 Å². The van der Waals surface area contributed by atoms with Crippen LogP contribution in [0.2, 0.25) is 0 Å². The van der Waals surface area contributed by atoms with Crippen molar-refractivity contribution >= 4 is 10.8 Å². The molecule has 2 aromatic carbocycles. The van der Waals surface area contributed by atoms with Crippen molar-refractivity contribution < 1.29 is 5.11 Å². The molecular formula is C12H15NO. The van der Waals surface area contributed by atoms with E-state index >= 15 is 0 Å². The van der Waals surface area contributed by atoms with Crippen molar-refractivity contribution in [2.24, 2.45) is 5.73 Å². The molecule has 0 heterocycles. The maximum Gasteiger partial charge on any atom is 0.123 e. The van der Waals surface area contributed by atoms with Gasteiger partial charge in [0.2, 0.25) is 0 Å². The minimum atomic E-state index is 0.366. The van der Waals surface area contributed by atoms with Gasteiger partial charge in [0.15, 0.2) is 0 Å². The molecule has 0 saturated heterocycles. The summed E-state index contributed by atoms with van der Waals surface area (Å²) in [6, 6.07) is 11.7. The van der Waals surface area contributed by atoms with Crippen LogP contribution in [0.5, 0.6) is 5.75 Å². The van der Waals surface area contributed by atoms with Crippen LogP contribution in [-0.4, -0.2) is 12.2 Å². The highest BCUT2D eigenvalue weighted by Gasteiger charge is 1.98. The van der Waals surface area contributed by atoms with Gasteiger partial charge < -0.3 is 10.8 Å². The lowest BCUT2D eigenvalue weighted by Crippen LogP contribution is -1.76. The molecule has 0 bridgehead atoms. The monoisotopic (exact) mass is 189 g/mol. The van der Waals surface area contributed by atoms with E-state index < -0.39 is 0 Å². The predicted octanol–water partition coefficient (Wildman–Crippen LogP) is 2.43. The largest absolute Gasteiger partial charge is 0.507 e. The normalized spacial score (nSPS) is 9.36. The maximum atomic E-state index is 9.55. The highest BCUT2D eigenvalue weighted by molar-refractivity contribution is 5.88. The second kappa shape index (κ2) is 4.63. The number of phenols is 1. The van der Waals surface area contributed by atoms with Gasteiger partial charge in [-0.3, -0.25) is 0 Å². The molecule has 0 radical (unpaired) electrons. The van der Waals surface area contributed by atoms with Crippen molar-refractivity contribution in [3.05, 3.63) is 42.0 Å². The number of aromatic hydroxyl groups is 1. The van der Waals surface area contributed by atoms with Gasteiger partial charge in [0.1, 0.15) is 5.75 Å².